The first-order chi connectivity index (χ1) is 12.2. The molecule has 5 nitrogen and oxygen atoms in total. The molecule has 1 atom stereocenters. The Balaban J connectivity index is 1.63. The summed E-state index contributed by atoms with van der Waals surface area (Å²) in [4.78, 5) is 34.8. The van der Waals surface area contributed by atoms with Gasteiger partial charge in [-0.1, -0.05) is 6.07 Å². The summed E-state index contributed by atoms with van der Waals surface area (Å²) in [6, 6.07) is 5.62. The Morgan fingerprint density at radius 3 is 2.88 bits per heavy atom. The molecule has 2 aliphatic rings. The number of benzene rings is 1. The van der Waals surface area contributed by atoms with Crippen LogP contribution in [0.5, 0.6) is 0 Å². The minimum atomic E-state index is 0.0108. The number of fused-ring (bicyclic) bond motifs is 1. The molecule has 0 radical (unpaired) electrons. The van der Waals surface area contributed by atoms with E-state index in [0.29, 0.717) is 12.0 Å². The largest absolute Gasteiger partial charge is 0.347 e. The number of rotatable bonds is 2. The van der Waals surface area contributed by atoms with Crippen molar-refractivity contribution < 1.29 is 9.59 Å². The third-order valence-electron chi connectivity index (χ3n) is 5.35. The van der Waals surface area contributed by atoms with Crippen LogP contribution in [0.25, 0.3) is 0 Å². The van der Waals surface area contributed by atoms with Gasteiger partial charge in [0.2, 0.25) is 0 Å². The number of aromatic amines is 1. The van der Waals surface area contributed by atoms with Crippen molar-refractivity contribution in [1.29, 1.82) is 0 Å². The molecular formula is C20H23N3O2. The van der Waals surface area contributed by atoms with Gasteiger partial charge in [0, 0.05) is 36.5 Å². The molecule has 1 aliphatic heterocycles. The molecule has 130 valence electrons. The molecule has 25 heavy (non-hydrogen) atoms. The van der Waals surface area contributed by atoms with Crippen LogP contribution in [0.15, 0.2) is 30.6 Å². The van der Waals surface area contributed by atoms with E-state index in [0.717, 1.165) is 62.0 Å². The Bertz CT molecular complexity index is 782. The molecule has 1 aromatic heterocycles. The number of nitrogens with one attached hydrogen (secondary N) is 1. The number of aromatic nitrogens is 2. The SMILES string of the molecule is O=C1CCCCc2cc(C(=O)N3CCCCC3c3ncc[nH]3)ccc21. The maximum absolute atomic E-state index is 13.2. The van der Waals surface area contributed by atoms with E-state index in [9.17, 15) is 9.59 Å². The van der Waals surface area contributed by atoms with Crippen LogP contribution >= 0.6 is 0 Å². The van der Waals surface area contributed by atoms with Crippen molar-refractivity contribution in [2.45, 2.75) is 51.0 Å². The van der Waals surface area contributed by atoms with Crippen LogP contribution in [0.2, 0.25) is 0 Å². The normalized spacial score (nSPS) is 20.9. The van der Waals surface area contributed by atoms with Gasteiger partial charge < -0.3 is 9.88 Å². The molecule has 0 bridgehead atoms. The Hall–Kier alpha value is -2.43. The smallest absolute Gasteiger partial charge is 0.254 e. The summed E-state index contributed by atoms with van der Waals surface area (Å²) in [6.45, 7) is 0.750. The van der Waals surface area contributed by atoms with E-state index in [4.69, 9.17) is 0 Å². The van der Waals surface area contributed by atoms with Crippen molar-refractivity contribution in [3.05, 3.63) is 53.1 Å². The second-order valence-electron chi connectivity index (χ2n) is 6.99. The number of hydrogen-bond acceptors (Lipinski definition) is 3. The number of carbonyl (C=O) groups is 2. The molecular weight excluding hydrogens is 314 g/mol. The first-order valence-corrected chi connectivity index (χ1v) is 9.20. The molecule has 1 fully saturated rings. The Kier molecular flexibility index (Phi) is 4.38. The van der Waals surface area contributed by atoms with Crippen LogP contribution in [-0.2, 0) is 6.42 Å². The van der Waals surface area contributed by atoms with Crippen LogP contribution in [0.3, 0.4) is 0 Å². The number of ketones is 1. The summed E-state index contributed by atoms with van der Waals surface area (Å²) in [5.74, 6) is 1.11. The standard InChI is InChI=1S/C20H23N3O2/c24-18-7-2-1-5-14-13-15(8-9-16(14)18)20(25)23-12-4-3-6-17(23)19-21-10-11-22-19/h8-11,13,17H,1-7,12H2,(H,21,22). The summed E-state index contributed by atoms with van der Waals surface area (Å²) in [6.07, 6.45) is 10.0. The minimum Gasteiger partial charge on any atom is -0.347 e. The van der Waals surface area contributed by atoms with Gasteiger partial charge in [0.25, 0.3) is 5.91 Å². The Morgan fingerprint density at radius 1 is 1.16 bits per heavy atom. The van der Waals surface area contributed by atoms with Crippen LogP contribution < -0.4 is 0 Å². The van der Waals surface area contributed by atoms with E-state index in [1.807, 2.05) is 23.1 Å². The zero-order valence-electron chi connectivity index (χ0n) is 14.3. The van der Waals surface area contributed by atoms with Crippen molar-refractivity contribution in [3.63, 3.8) is 0 Å². The number of piperidine rings is 1. The molecule has 1 aliphatic carbocycles. The lowest BCUT2D eigenvalue weighted by Crippen LogP contribution is -2.39. The van der Waals surface area contributed by atoms with Gasteiger partial charge in [-0.25, -0.2) is 4.98 Å². The van der Waals surface area contributed by atoms with Crippen molar-refractivity contribution in [2.24, 2.45) is 0 Å². The van der Waals surface area contributed by atoms with E-state index >= 15 is 0 Å². The van der Waals surface area contributed by atoms with Gasteiger partial charge in [-0.3, -0.25) is 9.59 Å². The second-order valence-corrected chi connectivity index (χ2v) is 6.99. The summed E-state index contributed by atoms with van der Waals surface area (Å²) in [7, 11) is 0. The first kappa shape index (κ1) is 16.1. The lowest BCUT2D eigenvalue weighted by molar-refractivity contribution is 0.0600. The topological polar surface area (TPSA) is 66.1 Å². The number of nitrogens with zero attached hydrogens (tertiary/aromatic N) is 2. The molecule has 1 unspecified atom stereocenters. The number of carbonyl (C=O) groups excluding carboxylic acids is 2. The average molecular weight is 337 g/mol. The minimum absolute atomic E-state index is 0.0108. The van der Waals surface area contributed by atoms with E-state index in [2.05, 4.69) is 9.97 Å². The Morgan fingerprint density at radius 2 is 2.04 bits per heavy atom. The van der Waals surface area contributed by atoms with Crippen LogP contribution in [0.1, 0.15) is 76.7 Å². The summed E-state index contributed by atoms with van der Waals surface area (Å²) < 4.78 is 0. The number of amides is 1. The lowest BCUT2D eigenvalue weighted by atomic mass is 9.96. The average Bonchev–Trinajstić information content (AvgIpc) is 3.12. The van der Waals surface area contributed by atoms with Crippen LogP contribution in [-0.4, -0.2) is 33.1 Å². The fourth-order valence-corrected chi connectivity index (χ4v) is 4.03. The molecule has 1 saturated heterocycles. The molecule has 4 rings (SSSR count). The maximum Gasteiger partial charge on any atom is 0.254 e. The number of aryl methyl sites for hydroxylation is 1. The van der Waals surface area contributed by atoms with E-state index in [-0.39, 0.29) is 17.7 Å². The molecule has 2 heterocycles. The van der Waals surface area contributed by atoms with Gasteiger partial charge in [0.05, 0.1) is 6.04 Å². The lowest BCUT2D eigenvalue weighted by Gasteiger charge is -2.34. The molecule has 1 N–H and O–H groups in total. The highest BCUT2D eigenvalue weighted by Crippen LogP contribution is 2.31. The summed E-state index contributed by atoms with van der Waals surface area (Å²) in [5, 5.41) is 0. The highest BCUT2D eigenvalue weighted by Gasteiger charge is 2.30. The van der Waals surface area contributed by atoms with Crippen molar-refractivity contribution in [3.8, 4) is 0 Å². The van der Waals surface area contributed by atoms with Gasteiger partial charge in [-0.05, 0) is 56.2 Å². The molecule has 2 aromatic rings. The van der Waals surface area contributed by atoms with E-state index in [1.54, 1.807) is 12.4 Å². The van der Waals surface area contributed by atoms with Crippen molar-refractivity contribution in [1.82, 2.24) is 14.9 Å². The zero-order chi connectivity index (χ0) is 17.2. The molecule has 5 heteroatoms. The van der Waals surface area contributed by atoms with Gasteiger partial charge in [-0.2, -0.15) is 0 Å². The fourth-order valence-electron chi connectivity index (χ4n) is 4.03. The Labute approximate surface area is 147 Å². The van der Waals surface area contributed by atoms with Gasteiger partial charge >= 0.3 is 0 Å². The first-order valence-electron chi connectivity index (χ1n) is 9.20. The fraction of sp³-hybridized carbons (Fsp3) is 0.450. The third-order valence-corrected chi connectivity index (χ3v) is 5.35. The van der Waals surface area contributed by atoms with Gasteiger partial charge in [-0.15, -0.1) is 0 Å². The third kappa shape index (κ3) is 3.11. The number of hydrogen-bond donors (Lipinski definition) is 1. The molecule has 1 amide bonds. The molecule has 0 saturated carbocycles. The predicted molar refractivity (Wildman–Crippen MR) is 94.5 cm³/mol. The van der Waals surface area contributed by atoms with E-state index in [1.165, 1.54) is 0 Å². The van der Waals surface area contributed by atoms with Crippen LogP contribution in [0.4, 0.5) is 0 Å². The van der Waals surface area contributed by atoms with Crippen LogP contribution in [0, 0.1) is 0 Å². The van der Waals surface area contributed by atoms with Gasteiger partial charge in [0.1, 0.15) is 5.82 Å². The number of likely N-dealkylation sites (tertiary alicyclic amines) is 1. The predicted octanol–water partition coefficient (Wildman–Crippen LogP) is 3.69. The summed E-state index contributed by atoms with van der Waals surface area (Å²) >= 11 is 0. The van der Waals surface area contributed by atoms with Crippen molar-refractivity contribution >= 4 is 11.7 Å². The van der Waals surface area contributed by atoms with E-state index < -0.39 is 0 Å². The quantitative estimate of drug-likeness (QED) is 0.850. The highest BCUT2D eigenvalue weighted by molar-refractivity contribution is 6.00. The van der Waals surface area contributed by atoms with Gasteiger partial charge in [0.15, 0.2) is 5.78 Å². The second kappa shape index (κ2) is 6.82. The number of imidazole rings is 1. The number of Topliss-reactive ketones (excluding diaryl/α,β-unsaturated/α-hetero) is 1. The molecule has 1 aromatic carbocycles. The highest BCUT2D eigenvalue weighted by atomic mass is 16.2. The van der Waals surface area contributed by atoms with Crippen molar-refractivity contribution in [2.75, 3.05) is 6.54 Å². The zero-order valence-corrected chi connectivity index (χ0v) is 14.3. The number of H-pyrrole nitrogens is 1. The summed E-state index contributed by atoms with van der Waals surface area (Å²) in [5.41, 5.74) is 2.52. The molecule has 0 spiro atoms. The monoisotopic (exact) mass is 337 g/mol. The maximum atomic E-state index is 13.2.